The van der Waals surface area contributed by atoms with Gasteiger partial charge in [-0.05, 0) is 37.2 Å². The van der Waals surface area contributed by atoms with E-state index in [-0.39, 0.29) is 11.5 Å². The molecular formula is C25H34N4O2. The van der Waals surface area contributed by atoms with Gasteiger partial charge in [0.15, 0.2) is 5.82 Å². The van der Waals surface area contributed by atoms with Crippen molar-refractivity contribution in [3.8, 4) is 0 Å². The first kappa shape index (κ1) is 19.7. The monoisotopic (exact) mass is 422 g/mol. The summed E-state index contributed by atoms with van der Waals surface area (Å²) in [5.41, 5.74) is 1.47. The number of benzene rings is 1. The Bertz CT molecular complexity index is 938. The number of ether oxygens (including phenoxy) is 2. The first-order chi connectivity index (χ1) is 15.1. The Morgan fingerprint density at radius 3 is 2.65 bits per heavy atom. The second-order valence-corrected chi connectivity index (χ2v) is 10.6. The molecule has 0 N–H and O–H groups in total. The van der Waals surface area contributed by atoms with Crippen LogP contribution >= 0.6 is 0 Å². The van der Waals surface area contributed by atoms with Crippen LogP contribution in [0.2, 0.25) is 0 Å². The summed E-state index contributed by atoms with van der Waals surface area (Å²) < 4.78 is 14.6. The van der Waals surface area contributed by atoms with E-state index in [1.54, 1.807) is 0 Å². The molecule has 1 unspecified atom stereocenters. The Labute approximate surface area is 184 Å². The molecule has 6 rings (SSSR count). The third kappa shape index (κ3) is 3.05. The molecule has 6 nitrogen and oxygen atoms in total. The van der Waals surface area contributed by atoms with Gasteiger partial charge in [0.1, 0.15) is 6.10 Å². The van der Waals surface area contributed by atoms with Crippen molar-refractivity contribution in [1.29, 1.82) is 0 Å². The summed E-state index contributed by atoms with van der Waals surface area (Å²) >= 11 is 0. The number of nitrogens with zero attached hydrogens (tertiary/aromatic N) is 4. The lowest BCUT2D eigenvalue weighted by atomic mass is 9.57. The second-order valence-electron chi connectivity index (χ2n) is 10.6. The Balaban J connectivity index is 1.35. The van der Waals surface area contributed by atoms with E-state index in [4.69, 9.17) is 19.7 Å². The van der Waals surface area contributed by atoms with Gasteiger partial charge in [-0.1, -0.05) is 44.2 Å². The van der Waals surface area contributed by atoms with Crippen molar-refractivity contribution in [2.75, 3.05) is 25.2 Å². The van der Waals surface area contributed by atoms with E-state index in [0.29, 0.717) is 24.0 Å². The first-order valence-corrected chi connectivity index (χ1v) is 12.0. The zero-order valence-electron chi connectivity index (χ0n) is 18.9. The van der Waals surface area contributed by atoms with E-state index in [0.717, 1.165) is 43.8 Å². The molecular weight excluding hydrogens is 388 g/mol. The van der Waals surface area contributed by atoms with Crippen LogP contribution in [0.15, 0.2) is 30.3 Å². The van der Waals surface area contributed by atoms with Crippen LogP contribution in [0.25, 0.3) is 0 Å². The molecule has 4 aliphatic rings. The molecule has 1 aromatic heterocycles. The molecule has 0 amide bonds. The molecule has 0 bridgehead atoms. The molecule has 5 atom stereocenters. The normalized spacial score (nSPS) is 34.0. The molecule has 1 aromatic carbocycles. The molecule has 6 heteroatoms. The zero-order chi connectivity index (χ0) is 21.2. The third-order valence-corrected chi connectivity index (χ3v) is 8.31. The predicted molar refractivity (Wildman–Crippen MR) is 119 cm³/mol. The SMILES string of the molecule is COC1[C@@H]2CCN(c3nnc([C@@H]4OCC[C@@H]4c4ccccc4)n3CC3CC3)[C@@H]2C1(C)C. The minimum absolute atomic E-state index is 0.0121. The Morgan fingerprint density at radius 2 is 1.90 bits per heavy atom. The van der Waals surface area contributed by atoms with E-state index in [2.05, 4.69) is 53.6 Å². The highest BCUT2D eigenvalue weighted by molar-refractivity contribution is 5.41. The number of methoxy groups -OCH3 is 1. The Morgan fingerprint density at radius 1 is 1.10 bits per heavy atom. The van der Waals surface area contributed by atoms with Crippen molar-refractivity contribution in [2.45, 2.75) is 70.2 Å². The maximum atomic E-state index is 6.30. The molecule has 31 heavy (non-hydrogen) atoms. The minimum atomic E-state index is -0.0121. The van der Waals surface area contributed by atoms with Gasteiger partial charge >= 0.3 is 0 Å². The molecule has 0 radical (unpaired) electrons. The Kier molecular flexibility index (Phi) is 4.65. The number of aromatic nitrogens is 3. The van der Waals surface area contributed by atoms with Crippen LogP contribution in [0.4, 0.5) is 5.95 Å². The summed E-state index contributed by atoms with van der Waals surface area (Å²) in [6.07, 6.45) is 5.16. The predicted octanol–water partition coefficient (Wildman–Crippen LogP) is 4.18. The summed E-state index contributed by atoms with van der Waals surface area (Å²) in [4.78, 5) is 2.53. The maximum absolute atomic E-state index is 6.30. The summed E-state index contributed by atoms with van der Waals surface area (Å²) in [6, 6.07) is 11.3. The fourth-order valence-electron chi connectivity index (χ4n) is 6.74. The quantitative estimate of drug-likeness (QED) is 0.699. The second kappa shape index (κ2) is 7.31. The smallest absolute Gasteiger partial charge is 0.227 e. The lowest BCUT2D eigenvalue weighted by Gasteiger charge is -2.56. The van der Waals surface area contributed by atoms with E-state index in [1.807, 2.05) is 7.11 Å². The highest BCUT2D eigenvalue weighted by atomic mass is 16.5. The molecule has 2 saturated carbocycles. The van der Waals surface area contributed by atoms with Gasteiger partial charge in [-0.2, -0.15) is 0 Å². The lowest BCUT2D eigenvalue weighted by molar-refractivity contribution is -0.129. The van der Waals surface area contributed by atoms with Gasteiger partial charge in [0.25, 0.3) is 0 Å². The van der Waals surface area contributed by atoms with E-state index < -0.39 is 0 Å². The van der Waals surface area contributed by atoms with Crippen LogP contribution in [0.5, 0.6) is 0 Å². The topological polar surface area (TPSA) is 52.4 Å². The van der Waals surface area contributed by atoms with Gasteiger partial charge in [-0.15, -0.1) is 10.2 Å². The van der Waals surface area contributed by atoms with Crippen molar-refractivity contribution in [3.63, 3.8) is 0 Å². The molecule has 0 spiro atoms. The van der Waals surface area contributed by atoms with Crippen molar-refractivity contribution in [3.05, 3.63) is 41.7 Å². The van der Waals surface area contributed by atoms with Crippen molar-refractivity contribution in [1.82, 2.24) is 14.8 Å². The summed E-state index contributed by atoms with van der Waals surface area (Å²) in [5, 5.41) is 9.59. The van der Waals surface area contributed by atoms with Crippen LogP contribution < -0.4 is 4.90 Å². The summed E-state index contributed by atoms with van der Waals surface area (Å²) in [7, 11) is 1.86. The lowest BCUT2D eigenvalue weighted by Crippen LogP contribution is -2.65. The molecule has 2 aliphatic heterocycles. The van der Waals surface area contributed by atoms with Gasteiger partial charge in [0, 0.05) is 50.1 Å². The van der Waals surface area contributed by atoms with Crippen LogP contribution in [0, 0.1) is 17.3 Å². The largest absolute Gasteiger partial charge is 0.380 e. The zero-order valence-corrected chi connectivity index (χ0v) is 18.9. The van der Waals surface area contributed by atoms with Crippen molar-refractivity contribution < 1.29 is 9.47 Å². The van der Waals surface area contributed by atoms with E-state index in [1.165, 1.54) is 24.8 Å². The minimum Gasteiger partial charge on any atom is -0.380 e. The summed E-state index contributed by atoms with van der Waals surface area (Å²) in [6.45, 7) is 7.52. The molecule has 3 heterocycles. The molecule has 2 aliphatic carbocycles. The van der Waals surface area contributed by atoms with Gasteiger partial charge in [-0.25, -0.2) is 0 Å². The van der Waals surface area contributed by atoms with Gasteiger partial charge < -0.3 is 14.4 Å². The van der Waals surface area contributed by atoms with Crippen LogP contribution in [0.1, 0.15) is 62.9 Å². The van der Waals surface area contributed by atoms with E-state index in [9.17, 15) is 0 Å². The molecule has 2 saturated heterocycles. The summed E-state index contributed by atoms with van der Waals surface area (Å²) in [5.74, 6) is 3.77. The Hall–Kier alpha value is -1.92. The van der Waals surface area contributed by atoms with Crippen molar-refractivity contribution >= 4 is 5.95 Å². The highest BCUT2D eigenvalue weighted by Crippen LogP contribution is 2.56. The van der Waals surface area contributed by atoms with Gasteiger partial charge in [0.05, 0.1) is 6.10 Å². The highest BCUT2D eigenvalue weighted by Gasteiger charge is 2.62. The molecule has 4 fully saturated rings. The average Bonchev–Trinajstić information content (AvgIpc) is 3.15. The van der Waals surface area contributed by atoms with Gasteiger partial charge in [0.2, 0.25) is 5.95 Å². The molecule has 2 aromatic rings. The van der Waals surface area contributed by atoms with Gasteiger partial charge in [-0.3, -0.25) is 4.57 Å². The van der Waals surface area contributed by atoms with Crippen LogP contribution in [-0.4, -0.2) is 47.2 Å². The number of anilines is 1. The molecule has 166 valence electrons. The standard InChI is InChI=1S/C25H34N4O2/c1-25(2)21-19(22(25)30-3)11-13-28(21)24-27-26-23(29(24)15-16-9-10-16)20-18(12-14-31-20)17-7-5-4-6-8-17/h4-8,16,18-22H,9-15H2,1-3H3/t18-,19-,20-,21+,22?/m1/s1. The van der Waals surface area contributed by atoms with Crippen molar-refractivity contribution in [2.24, 2.45) is 17.3 Å². The van der Waals surface area contributed by atoms with Crippen LogP contribution in [-0.2, 0) is 16.0 Å². The number of fused-ring (bicyclic) bond motifs is 1. The third-order valence-electron chi connectivity index (χ3n) is 8.31. The number of hydrogen-bond acceptors (Lipinski definition) is 5. The fraction of sp³-hybridized carbons (Fsp3) is 0.680. The van der Waals surface area contributed by atoms with Crippen LogP contribution in [0.3, 0.4) is 0 Å². The maximum Gasteiger partial charge on any atom is 0.227 e. The first-order valence-electron chi connectivity index (χ1n) is 12.0. The van der Waals surface area contributed by atoms with E-state index >= 15 is 0 Å². The number of hydrogen-bond donors (Lipinski definition) is 0. The number of rotatable bonds is 6. The average molecular weight is 423 g/mol. The fourth-order valence-corrected chi connectivity index (χ4v) is 6.74.